The largest absolute Gasteiger partial charge is 0.269 e. The number of halogens is 1. The number of sulfonamides is 1. The van der Waals surface area contributed by atoms with Crippen LogP contribution in [0.15, 0.2) is 41.3 Å². The van der Waals surface area contributed by atoms with Crippen LogP contribution in [-0.2, 0) is 10.0 Å². The molecule has 110 valence electrons. The van der Waals surface area contributed by atoms with Gasteiger partial charge in [-0.3, -0.25) is 14.8 Å². The molecule has 0 saturated heterocycles. The fraction of sp³-hybridized carbons (Fsp3) is 0.0833. The first-order chi connectivity index (χ1) is 9.79. The Balaban J connectivity index is 2.38. The van der Waals surface area contributed by atoms with E-state index in [1.54, 1.807) is 0 Å². The van der Waals surface area contributed by atoms with E-state index < -0.39 is 20.9 Å². The maximum absolute atomic E-state index is 12.9. The molecule has 0 bridgehead atoms. The van der Waals surface area contributed by atoms with Gasteiger partial charge in [0.25, 0.3) is 15.7 Å². The zero-order valence-electron chi connectivity index (χ0n) is 10.8. The van der Waals surface area contributed by atoms with Crippen LogP contribution in [0.5, 0.6) is 0 Å². The number of hydrogen-bond acceptors (Lipinski definition) is 5. The van der Waals surface area contributed by atoms with Gasteiger partial charge < -0.3 is 0 Å². The molecule has 1 aromatic heterocycles. The van der Waals surface area contributed by atoms with Crippen LogP contribution in [0.2, 0.25) is 0 Å². The highest BCUT2D eigenvalue weighted by molar-refractivity contribution is 7.92. The molecule has 2 aromatic rings. The van der Waals surface area contributed by atoms with Gasteiger partial charge in [0.1, 0.15) is 5.82 Å². The van der Waals surface area contributed by atoms with Crippen molar-refractivity contribution in [2.75, 3.05) is 4.72 Å². The molecule has 7 nitrogen and oxygen atoms in total. The number of pyridine rings is 1. The lowest BCUT2D eigenvalue weighted by molar-refractivity contribution is -0.385. The summed E-state index contributed by atoms with van der Waals surface area (Å²) < 4.78 is 39.4. The summed E-state index contributed by atoms with van der Waals surface area (Å²) in [4.78, 5) is 13.3. The number of non-ortho nitro benzene ring substituents is 1. The summed E-state index contributed by atoms with van der Waals surface area (Å²) >= 11 is 0. The summed E-state index contributed by atoms with van der Waals surface area (Å²) in [5.74, 6) is -0.997. The van der Waals surface area contributed by atoms with Crippen LogP contribution < -0.4 is 4.72 Å². The minimum absolute atomic E-state index is 0.140. The van der Waals surface area contributed by atoms with E-state index in [2.05, 4.69) is 9.71 Å². The minimum Gasteiger partial charge on any atom is -0.263 e. The minimum atomic E-state index is -4.00. The van der Waals surface area contributed by atoms with Crippen LogP contribution in [0.3, 0.4) is 0 Å². The van der Waals surface area contributed by atoms with Crippen LogP contribution in [0.1, 0.15) is 5.56 Å². The third-order valence-electron chi connectivity index (χ3n) is 2.61. The van der Waals surface area contributed by atoms with Gasteiger partial charge in [-0.1, -0.05) is 6.07 Å². The number of rotatable bonds is 4. The molecule has 0 aliphatic rings. The summed E-state index contributed by atoms with van der Waals surface area (Å²) in [7, 11) is -4.00. The maximum atomic E-state index is 12.9. The third kappa shape index (κ3) is 3.31. The average Bonchev–Trinajstić information content (AvgIpc) is 2.37. The smallest absolute Gasteiger partial charge is 0.263 e. The molecule has 1 heterocycles. The molecule has 0 fully saturated rings. The molecular formula is C12H10FN3O4S. The standard InChI is InChI=1S/C12H10FN3O4S/c1-8-7-9(16(17)18)5-6-10(8)21(19,20)15-12-4-2-3-11(13)14-12/h2-7H,1H3,(H,14,15). The normalized spacial score (nSPS) is 11.1. The topological polar surface area (TPSA) is 102 Å². The van der Waals surface area contributed by atoms with Crippen LogP contribution in [0, 0.1) is 23.0 Å². The van der Waals surface area contributed by atoms with Crippen molar-refractivity contribution in [1.82, 2.24) is 4.98 Å². The Bertz CT molecular complexity index is 808. The van der Waals surface area contributed by atoms with E-state index in [0.29, 0.717) is 0 Å². The molecule has 1 aromatic carbocycles. The number of hydrogen-bond donors (Lipinski definition) is 1. The second-order valence-corrected chi connectivity index (χ2v) is 5.81. The molecule has 2 rings (SSSR count). The highest BCUT2D eigenvalue weighted by Gasteiger charge is 2.20. The molecule has 1 N–H and O–H groups in total. The Morgan fingerprint density at radius 3 is 2.57 bits per heavy atom. The molecule has 0 radical (unpaired) electrons. The summed E-state index contributed by atoms with van der Waals surface area (Å²) in [5, 5.41) is 10.6. The van der Waals surface area contributed by atoms with Gasteiger partial charge in [-0.05, 0) is 30.7 Å². The maximum Gasteiger partial charge on any atom is 0.269 e. The lowest BCUT2D eigenvalue weighted by Crippen LogP contribution is -2.15. The molecule has 0 spiro atoms. The van der Waals surface area contributed by atoms with Crippen molar-refractivity contribution in [3.63, 3.8) is 0 Å². The predicted molar refractivity (Wildman–Crippen MR) is 72.8 cm³/mol. The number of nitrogens with zero attached hydrogens (tertiary/aromatic N) is 2. The Morgan fingerprint density at radius 2 is 2.00 bits per heavy atom. The van der Waals surface area contributed by atoms with Crippen molar-refractivity contribution in [3.05, 3.63) is 58.0 Å². The quantitative estimate of drug-likeness (QED) is 0.530. The van der Waals surface area contributed by atoms with Crippen molar-refractivity contribution in [2.24, 2.45) is 0 Å². The average molecular weight is 311 g/mol. The Hall–Kier alpha value is -2.55. The Morgan fingerprint density at radius 1 is 1.29 bits per heavy atom. The first kappa shape index (κ1) is 14.9. The van der Waals surface area contributed by atoms with Crippen molar-refractivity contribution < 1.29 is 17.7 Å². The Kier molecular flexibility index (Phi) is 3.85. The van der Waals surface area contributed by atoms with Gasteiger partial charge in [0, 0.05) is 12.1 Å². The number of aromatic nitrogens is 1. The van der Waals surface area contributed by atoms with Crippen molar-refractivity contribution in [3.8, 4) is 0 Å². The van der Waals surface area contributed by atoms with E-state index >= 15 is 0 Å². The molecule has 9 heteroatoms. The van der Waals surface area contributed by atoms with Gasteiger partial charge in [0.05, 0.1) is 9.82 Å². The fourth-order valence-electron chi connectivity index (χ4n) is 1.71. The van der Waals surface area contributed by atoms with Gasteiger partial charge >= 0.3 is 0 Å². The highest BCUT2D eigenvalue weighted by Crippen LogP contribution is 2.22. The molecule has 0 atom stereocenters. The summed E-state index contributed by atoms with van der Waals surface area (Å²) in [6.07, 6.45) is 0. The van der Waals surface area contributed by atoms with Gasteiger partial charge in [-0.15, -0.1) is 0 Å². The number of nitrogens with one attached hydrogen (secondary N) is 1. The van der Waals surface area contributed by atoms with Gasteiger partial charge in [0.2, 0.25) is 5.95 Å². The van der Waals surface area contributed by atoms with Crippen molar-refractivity contribution in [2.45, 2.75) is 11.8 Å². The first-order valence-electron chi connectivity index (χ1n) is 5.70. The van der Waals surface area contributed by atoms with Crippen LogP contribution >= 0.6 is 0 Å². The van der Waals surface area contributed by atoms with Gasteiger partial charge in [0.15, 0.2) is 0 Å². The molecule has 0 unspecified atom stereocenters. The molecule has 0 aliphatic carbocycles. The second kappa shape index (κ2) is 5.44. The molecule has 21 heavy (non-hydrogen) atoms. The number of anilines is 1. The van der Waals surface area contributed by atoms with E-state index in [1.807, 2.05) is 0 Å². The first-order valence-corrected chi connectivity index (χ1v) is 7.18. The molecular weight excluding hydrogens is 301 g/mol. The summed E-state index contributed by atoms with van der Waals surface area (Å²) in [6, 6.07) is 7.03. The summed E-state index contributed by atoms with van der Waals surface area (Å²) in [6.45, 7) is 1.43. The highest BCUT2D eigenvalue weighted by atomic mass is 32.2. The van der Waals surface area contributed by atoms with E-state index in [0.717, 1.165) is 24.3 Å². The van der Waals surface area contributed by atoms with E-state index in [-0.39, 0.29) is 22.0 Å². The van der Waals surface area contributed by atoms with Gasteiger partial charge in [-0.25, -0.2) is 13.4 Å². The number of nitro benzene ring substituents is 1. The van der Waals surface area contributed by atoms with Crippen LogP contribution in [-0.4, -0.2) is 18.3 Å². The van der Waals surface area contributed by atoms with E-state index in [1.165, 1.54) is 19.1 Å². The SMILES string of the molecule is Cc1cc([N+](=O)[O-])ccc1S(=O)(=O)Nc1cccc(F)n1. The fourth-order valence-corrected chi connectivity index (χ4v) is 2.94. The predicted octanol–water partition coefficient (Wildman–Crippen LogP) is 2.24. The monoisotopic (exact) mass is 311 g/mol. The summed E-state index contributed by atoms with van der Waals surface area (Å²) in [5.41, 5.74) is -0.0107. The second-order valence-electron chi connectivity index (χ2n) is 4.16. The lowest BCUT2D eigenvalue weighted by atomic mass is 10.2. The number of benzene rings is 1. The Labute approximate surface area is 119 Å². The molecule has 0 saturated carbocycles. The zero-order valence-corrected chi connectivity index (χ0v) is 11.6. The van der Waals surface area contributed by atoms with Crippen LogP contribution in [0.25, 0.3) is 0 Å². The van der Waals surface area contributed by atoms with Crippen LogP contribution in [0.4, 0.5) is 15.9 Å². The number of aryl methyl sites for hydroxylation is 1. The zero-order chi connectivity index (χ0) is 15.6. The number of nitro groups is 1. The molecule has 0 aliphatic heterocycles. The van der Waals surface area contributed by atoms with Crippen molar-refractivity contribution in [1.29, 1.82) is 0 Å². The third-order valence-corrected chi connectivity index (χ3v) is 4.13. The van der Waals surface area contributed by atoms with Gasteiger partial charge in [-0.2, -0.15) is 4.39 Å². The van der Waals surface area contributed by atoms with Crippen molar-refractivity contribution >= 4 is 21.5 Å². The molecule has 0 amide bonds. The lowest BCUT2D eigenvalue weighted by Gasteiger charge is -2.09. The van der Waals surface area contributed by atoms with E-state index in [4.69, 9.17) is 0 Å². The van der Waals surface area contributed by atoms with E-state index in [9.17, 15) is 22.9 Å².